The van der Waals surface area contributed by atoms with Gasteiger partial charge in [0.05, 0.1) is 0 Å². The number of hydroxylamine groups is 1. The van der Waals surface area contributed by atoms with E-state index < -0.39 is 16.5 Å². The third kappa shape index (κ3) is 3.12. The van der Waals surface area contributed by atoms with Crippen LogP contribution >= 0.6 is 31.9 Å². The van der Waals surface area contributed by atoms with Gasteiger partial charge in [0.15, 0.2) is 16.1 Å². The van der Waals surface area contributed by atoms with Gasteiger partial charge in [-0.2, -0.15) is 13.2 Å². The first-order valence-corrected chi connectivity index (χ1v) is 5.17. The molecule has 5 nitrogen and oxygen atoms in total. The number of nitrogens with zero attached hydrogens (tertiary/aromatic N) is 3. The van der Waals surface area contributed by atoms with Crippen molar-refractivity contribution in [2.24, 2.45) is 4.99 Å². The summed E-state index contributed by atoms with van der Waals surface area (Å²) in [5.74, 6) is -0.308. The fourth-order valence-corrected chi connectivity index (χ4v) is 1.84. The van der Waals surface area contributed by atoms with Crippen molar-refractivity contribution in [2.45, 2.75) is 6.18 Å². The fraction of sp³-hybridized carbons (Fsp3) is 0.167. The van der Waals surface area contributed by atoms with E-state index in [1.54, 1.807) is 5.48 Å². The lowest BCUT2D eigenvalue weighted by molar-refractivity contribution is -0.142. The van der Waals surface area contributed by atoms with Crippen LogP contribution in [-0.2, 0) is 6.18 Å². The highest BCUT2D eigenvalue weighted by Gasteiger charge is 2.36. The van der Waals surface area contributed by atoms with Crippen LogP contribution in [-0.4, -0.2) is 21.5 Å². The summed E-state index contributed by atoms with van der Waals surface area (Å²) in [5.41, 5.74) is 0.349. The van der Waals surface area contributed by atoms with E-state index in [1.165, 1.54) is 0 Å². The zero-order valence-electron chi connectivity index (χ0n) is 7.26. The van der Waals surface area contributed by atoms with E-state index in [4.69, 9.17) is 5.21 Å². The number of rotatable bonds is 2. The third-order valence-electron chi connectivity index (χ3n) is 1.31. The highest BCUT2D eigenvalue weighted by atomic mass is 79.9. The number of nitrogens with one attached hydrogen (secondary N) is 1. The standard InChI is InChI=1S/C6H3Br2F3N4O/c7-3-2(6(9,10)11)14-5(4(8)15-3)12-1-13-16/h1,16H,(H,12,13,14). The Labute approximate surface area is 104 Å². The summed E-state index contributed by atoms with van der Waals surface area (Å²) < 4.78 is 36.8. The Balaban J connectivity index is 3.27. The summed E-state index contributed by atoms with van der Waals surface area (Å²) in [4.78, 5) is 10.2. The first kappa shape index (κ1) is 13.3. The zero-order chi connectivity index (χ0) is 12.3. The molecule has 0 spiro atoms. The molecule has 0 saturated carbocycles. The maximum atomic E-state index is 12.4. The minimum atomic E-state index is -4.64. The van der Waals surface area contributed by atoms with Gasteiger partial charge < -0.3 is 0 Å². The van der Waals surface area contributed by atoms with Crippen molar-refractivity contribution < 1.29 is 18.4 Å². The maximum Gasteiger partial charge on any atom is 0.436 e. The number of aromatic nitrogens is 2. The van der Waals surface area contributed by atoms with Gasteiger partial charge in [0.2, 0.25) is 0 Å². The smallest absolute Gasteiger partial charge is 0.290 e. The van der Waals surface area contributed by atoms with Crippen molar-refractivity contribution in [3.05, 3.63) is 14.9 Å². The highest BCUT2D eigenvalue weighted by Crippen LogP contribution is 2.35. The molecule has 0 saturated heterocycles. The number of halogens is 5. The van der Waals surface area contributed by atoms with Crippen LogP contribution < -0.4 is 5.48 Å². The molecule has 10 heteroatoms. The van der Waals surface area contributed by atoms with Gasteiger partial charge >= 0.3 is 6.18 Å². The topological polar surface area (TPSA) is 70.4 Å². The van der Waals surface area contributed by atoms with Crippen molar-refractivity contribution in [3.63, 3.8) is 0 Å². The molecular formula is C6H3Br2F3N4O. The number of aliphatic imine (C=N–C) groups is 1. The van der Waals surface area contributed by atoms with Crippen molar-refractivity contribution in [1.82, 2.24) is 15.4 Å². The predicted molar refractivity (Wildman–Crippen MR) is 55.5 cm³/mol. The van der Waals surface area contributed by atoms with E-state index in [1.807, 2.05) is 0 Å². The molecular weight excluding hydrogens is 361 g/mol. The summed E-state index contributed by atoms with van der Waals surface area (Å²) in [6.07, 6.45) is -3.87. The molecule has 0 aliphatic heterocycles. The largest absolute Gasteiger partial charge is 0.436 e. The lowest BCUT2D eigenvalue weighted by Crippen LogP contribution is -2.11. The van der Waals surface area contributed by atoms with Gasteiger partial charge in [-0.3, -0.25) is 10.7 Å². The van der Waals surface area contributed by atoms with E-state index in [0.717, 1.165) is 6.34 Å². The lowest BCUT2D eigenvalue weighted by Gasteiger charge is -2.08. The van der Waals surface area contributed by atoms with E-state index in [9.17, 15) is 13.2 Å². The lowest BCUT2D eigenvalue weighted by atomic mass is 10.4. The molecule has 1 heterocycles. The van der Waals surface area contributed by atoms with Crippen molar-refractivity contribution >= 4 is 44.0 Å². The van der Waals surface area contributed by atoms with E-state index in [2.05, 4.69) is 46.8 Å². The van der Waals surface area contributed by atoms with Crippen LogP contribution in [0, 0.1) is 0 Å². The van der Waals surface area contributed by atoms with Crippen LogP contribution in [0.25, 0.3) is 0 Å². The average molecular weight is 364 g/mol. The van der Waals surface area contributed by atoms with Crippen molar-refractivity contribution in [3.8, 4) is 0 Å². The molecule has 0 amide bonds. The molecule has 0 radical (unpaired) electrons. The second kappa shape index (κ2) is 5.06. The zero-order valence-corrected chi connectivity index (χ0v) is 10.4. The van der Waals surface area contributed by atoms with Crippen LogP contribution in [0.4, 0.5) is 19.0 Å². The molecule has 1 aromatic rings. The summed E-state index contributed by atoms with van der Waals surface area (Å²) in [6.45, 7) is 0. The molecule has 1 rings (SSSR count). The van der Waals surface area contributed by atoms with Gasteiger partial charge in [-0.05, 0) is 31.9 Å². The molecule has 2 N–H and O–H groups in total. The first-order chi connectivity index (χ1) is 7.36. The van der Waals surface area contributed by atoms with Crippen LogP contribution in [0.2, 0.25) is 0 Å². The second-order valence-electron chi connectivity index (χ2n) is 2.36. The van der Waals surface area contributed by atoms with E-state index in [0.29, 0.717) is 0 Å². The molecule has 1 aromatic heterocycles. The Bertz CT molecular complexity index is 423. The minimum Gasteiger partial charge on any atom is -0.290 e. The van der Waals surface area contributed by atoms with Crippen LogP contribution in [0.1, 0.15) is 5.69 Å². The SMILES string of the molecule is ONC=Nc1nc(C(F)(F)F)c(Br)nc1Br. The number of alkyl halides is 3. The van der Waals surface area contributed by atoms with Gasteiger partial charge in [-0.1, -0.05) is 0 Å². The Kier molecular flexibility index (Phi) is 4.21. The van der Waals surface area contributed by atoms with Crippen molar-refractivity contribution in [2.75, 3.05) is 0 Å². The average Bonchev–Trinajstić information content (AvgIpc) is 2.14. The van der Waals surface area contributed by atoms with Crippen LogP contribution in [0.15, 0.2) is 14.2 Å². The first-order valence-electron chi connectivity index (χ1n) is 3.58. The Morgan fingerprint density at radius 2 is 1.88 bits per heavy atom. The van der Waals surface area contributed by atoms with E-state index in [-0.39, 0.29) is 10.4 Å². The summed E-state index contributed by atoms with van der Waals surface area (Å²) >= 11 is 5.53. The third-order valence-corrected chi connectivity index (χ3v) is 2.39. The highest BCUT2D eigenvalue weighted by molar-refractivity contribution is 9.11. The number of hydrogen-bond acceptors (Lipinski definition) is 4. The monoisotopic (exact) mass is 362 g/mol. The molecule has 0 aromatic carbocycles. The molecule has 0 aliphatic carbocycles. The molecule has 16 heavy (non-hydrogen) atoms. The van der Waals surface area contributed by atoms with Gasteiger partial charge in [0, 0.05) is 0 Å². The molecule has 0 atom stereocenters. The predicted octanol–water partition coefficient (Wildman–Crippen LogP) is 2.66. The van der Waals surface area contributed by atoms with Gasteiger partial charge in [0.25, 0.3) is 0 Å². The Morgan fingerprint density at radius 1 is 1.25 bits per heavy atom. The maximum absolute atomic E-state index is 12.4. The number of hydrogen-bond donors (Lipinski definition) is 2. The van der Waals surface area contributed by atoms with Gasteiger partial charge in [0.1, 0.15) is 10.9 Å². The van der Waals surface area contributed by atoms with Crippen molar-refractivity contribution in [1.29, 1.82) is 0 Å². The molecule has 0 bridgehead atoms. The quantitative estimate of drug-likeness (QED) is 0.481. The van der Waals surface area contributed by atoms with Gasteiger partial charge in [-0.25, -0.2) is 15.0 Å². The Morgan fingerprint density at radius 3 is 2.38 bits per heavy atom. The minimum absolute atomic E-state index is 0.0128. The van der Waals surface area contributed by atoms with Gasteiger partial charge in [-0.15, -0.1) is 0 Å². The van der Waals surface area contributed by atoms with E-state index >= 15 is 0 Å². The van der Waals surface area contributed by atoms with Crippen LogP contribution in [0.5, 0.6) is 0 Å². The van der Waals surface area contributed by atoms with Crippen LogP contribution in [0.3, 0.4) is 0 Å². The second-order valence-corrected chi connectivity index (χ2v) is 3.86. The summed E-state index contributed by atoms with van der Waals surface area (Å²) in [7, 11) is 0. The normalized spacial score (nSPS) is 12.1. The Hall–Kier alpha value is -0.740. The summed E-state index contributed by atoms with van der Waals surface area (Å²) in [6, 6.07) is 0. The molecule has 88 valence electrons. The molecule has 0 aliphatic rings. The molecule has 0 unspecified atom stereocenters. The summed E-state index contributed by atoms with van der Waals surface area (Å²) in [5, 5.41) is 8.21. The molecule has 0 fully saturated rings. The fourth-order valence-electron chi connectivity index (χ4n) is 0.740.